The lowest BCUT2D eigenvalue weighted by atomic mass is 10.2. The van der Waals surface area contributed by atoms with Gasteiger partial charge in [0.05, 0.1) is 34.0 Å². The van der Waals surface area contributed by atoms with Gasteiger partial charge in [0.25, 0.3) is 0 Å². The fourth-order valence-electron chi connectivity index (χ4n) is 3.13. The maximum Gasteiger partial charge on any atom is 0.234 e. The largest absolute Gasteiger partial charge is 0.324 e. The first-order valence-corrected chi connectivity index (χ1v) is 10.7. The highest BCUT2D eigenvalue weighted by atomic mass is 35.5. The number of halogens is 2. The lowest BCUT2D eigenvalue weighted by Crippen LogP contribution is -2.15. The molecule has 1 aromatic heterocycles. The number of carbonyl (C=O) groups is 1. The van der Waals surface area contributed by atoms with Crippen LogP contribution in [0.5, 0.6) is 0 Å². The van der Waals surface area contributed by atoms with Crippen molar-refractivity contribution < 1.29 is 9.18 Å². The summed E-state index contributed by atoms with van der Waals surface area (Å²) in [5, 5.41) is 4.08. The molecule has 0 atom stereocenters. The number of hydrogen-bond donors (Lipinski definition) is 1. The molecule has 152 valence electrons. The molecule has 0 aliphatic rings. The van der Waals surface area contributed by atoms with E-state index >= 15 is 0 Å². The second-order valence-electron chi connectivity index (χ2n) is 6.92. The molecule has 1 N–H and O–H groups in total. The molecule has 0 radical (unpaired) electrons. The fourth-order valence-corrected chi connectivity index (χ4v) is 4.22. The first-order chi connectivity index (χ1) is 14.5. The van der Waals surface area contributed by atoms with E-state index in [1.807, 2.05) is 47.9 Å². The van der Waals surface area contributed by atoms with E-state index in [-0.39, 0.29) is 17.5 Å². The van der Waals surface area contributed by atoms with Crippen LogP contribution in [0.1, 0.15) is 11.1 Å². The number of aromatic nitrogens is 2. The number of imidazole rings is 1. The predicted molar refractivity (Wildman–Crippen MR) is 121 cm³/mol. The van der Waals surface area contributed by atoms with Crippen LogP contribution >= 0.6 is 23.4 Å². The minimum Gasteiger partial charge on any atom is -0.324 e. The number of thioether (sulfide) groups is 1. The van der Waals surface area contributed by atoms with Gasteiger partial charge in [-0.05, 0) is 54.4 Å². The van der Waals surface area contributed by atoms with Crippen LogP contribution in [-0.2, 0) is 11.3 Å². The number of carbonyl (C=O) groups excluding carboxylic acids is 1. The molecule has 30 heavy (non-hydrogen) atoms. The molecule has 4 rings (SSSR count). The Morgan fingerprint density at radius 2 is 1.90 bits per heavy atom. The molecule has 0 fully saturated rings. The van der Waals surface area contributed by atoms with Gasteiger partial charge in [0.15, 0.2) is 5.16 Å². The van der Waals surface area contributed by atoms with E-state index in [2.05, 4.69) is 10.3 Å². The zero-order chi connectivity index (χ0) is 21.1. The first kappa shape index (κ1) is 20.4. The van der Waals surface area contributed by atoms with Crippen molar-refractivity contribution in [3.05, 3.63) is 88.7 Å². The zero-order valence-corrected chi connectivity index (χ0v) is 17.8. The van der Waals surface area contributed by atoms with Crippen LogP contribution in [0.4, 0.5) is 10.1 Å². The van der Waals surface area contributed by atoms with Crippen molar-refractivity contribution >= 4 is 46.0 Å². The summed E-state index contributed by atoms with van der Waals surface area (Å²) in [5.41, 5.74) is 4.39. The highest BCUT2D eigenvalue weighted by Gasteiger charge is 2.14. The van der Waals surface area contributed by atoms with Crippen LogP contribution in [0.15, 0.2) is 71.9 Å². The summed E-state index contributed by atoms with van der Waals surface area (Å²) in [4.78, 5) is 17.2. The van der Waals surface area contributed by atoms with Gasteiger partial charge in [0, 0.05) is 0 Å². The number of rotatable bonds is 6. The molecule has 0 aliphatic heterocycles. The van der Waals surface area contributed by atoms with Gasteiger partial charge < -0.3 is 9.88 Å². The van der Waals surface area contributed by atoms with Crippen LogP contribution in [0.3, 0.4) is 0 Å². The molecule has 7 heteroatoms. The summed E-state index contributed by atoms with van der Waals surface area (Å²) < 4.78 is 15.3. The van der Waals surface area contributed by atoms with Gasteiger partial charge in [-0.15, -0.1) is 0 Å². The van der Waals surface area contributed by atoms with Gasteiger partial charge in [-0.1, -0.05) is 53.7 Å². The quantitative estimate of drug-likeness (QED) is 0.379. The maximum atomic E-state index is 13.3. The van der Waals surface area contributed by atoms with E-state index in [9.17, 15) is 9.18 Å². The molecule has 0 aliphatic carbocycles. The Kier molecular flexibility index (Phi) is 6.06. The van der Waals surface area contributed by atoms with Gasteiger partial charge in [0.1, 0.15) is 5.82 Å². The van der Waals surface area contributed by atoms with Crippen LogP contribution < -0.4 is 5.32 Å². The normalized spacial score (nSPS) is 11.0. The van der Waals surface area contributed by atoms with Crippen molar-refractivity contribution in [2.45, 2.75) is 18.6 Å². The third kappa shape index (κ3) is 4.66. The van der Waals surface area contributed by atoms with Crippen LogP contribution in [0.2, 0.25) is 5.02 Å². The van der Waals surface area contributed by atoms with E-state index < -0.39 is 0 Å². The number of aryl methyl sites for hydroxylation is 1. The summed E-state index contributed by atoms with van der Waals surface area (Å²) >= 11 is 7.56. The molecule has 4 nitrogen and oxygen atoms in total. The van der Waals surface area contributed by atoms with Crippen molar-refractivity contribution in [1.82, 2.24) is 9.55 Å². The molecule has 0 bridgehead atoms. The molecule has 1 amide bonds. The molecular formula is C23H19ClFN3OS. The summed E-state index contributed by atoms with van der Waals surface area (Å²) in [5.74, 6) is -0.238. The van der Waals surface area contributed by atoms with Gasteiger partial charge in [-0.2, -0.15) is 0 Å². The van der Waals surface area contributed by atoms with Crippen molar-refractivity contribution in [3.63, 3.8) is 0 Å². The Morgan fingerprint density at radius 3 is 2.67 bits per heavy atom. The van der Waals surface area contributed by atoms with E-state index in [1.54, 1.807) is 18.2 Å². The Morgan fingerprint density at radius 1 is 1.13 bits per heavy atom. The molecule has 3 aromatic carbocycles. The lowest BCUT2D eigenvalue weighted by Gasteiger charge is -2.10. The smallest absolute Gasteiger partial charge is 0.234 e. The van der Waals surface area contributed by atoms with E-state index in [0.29, 0.717) is 17.3 Å². The average Bonchev–Trinajstić information content (AvgIpc) is 3.08. The minimum absolute atomic E-state index is 0.161. The number of benzene rings is 3. The van der Waals surface area contributed by atoms with Gasteiger partial charge in [0.2, 0.25) is 5.91 Å². The Labute approximate surface area is 183 Å². The second-order valence-corrected chi connectivity index (χ2v) is 8.27. The van der Waals surface area contributed by atoms with E-state index in [0.717, 1.165) is 27.3 Å². The predicted octanol–water partition coefficient (Wildman–Crippen LogP) is 5.92. The molecule has 0 saturated heterocycles. The van der Waals surface area contributed by atoms with Gasteiger partial charge in [-0.3, -0.25) is 4.79 Å². The molecule has 4 aromatic rings. The summed E-state index contributed by atoms with van der Waals surface area (Å²) in [6, 6.07) is 19.7. The molecule has 0 unspecified atom stereocenters. The van der Waals surface area contributed by atoms with Crippen LogP contribution in [-0.4, -0.2) is 21.2 Å². The fraction of sp³-hybridized carbons (Fsp3) is 0.130. The van der Waals surface area contributed by atoms with Crippen molar-refractivity contribution in [2.24, 2.45) is 0 Å². The molecule has 1 heterocycles. The monoisotopic (exact) mass is 439 g/mol. The number of anilines is 1. The van der Waals surface area contributed by atoms with Crippen molar-refractivity contribution in [1.29, 1.82) is 0 Å². The van der Waals surface area contributed by atoms with Gasteiger partial charge in [-0.25, -0.2) is 9.37 Å². The summed E-state index contributed by atoms with van der Waals surface area (Å²) in [6.07, 6.45) is 0. The van der Waals surface area contributed by atoms with Crippen LogP contribution in [0, 0.1) is 12.7 Å². The third-order valence-electron chi connectivity index (χ3n) is 4.60. The van der Waals surface area contributed by atoms with Crippen molar-refractivity contribution in [2.75, 3.05) is 11.1 Å². The molecule has 0 spiro atoms. The van der Waals surface area contributed by atoms with Crippen molar-refractivity contribution in [3.8, 4) is 0 Å². The summed E-state index contributed by atoms with van der Waals surface area (Å²) in [7, 11) is 0. The average molecular weight is 440 g/mol. The standard InChI is InChI=1S/C23H19ClFN3OS/c1-15-6-11-19(18(24)12-15)26-22(29)14-30-23-27-20-4-2-3-5-21(20)28(23)13-16-7-9-17(25)10-8-16/h2-12H,13-14H2,1H3,(H,26,29). The topological polar surface area (TPSA) is 46.9 Å². The Bertz CT molecular complexity index is 1210. The Hall–Kier alpha value is -2.83. The number of amides is 1. The number of hydrogen-bond acceptors (Lipinski definition) is 3. The highest BCUT2D eigenvalue weighted by Crippen LogP contribution is 2.27. The lowest BCUT2D eigenvalue weighted by molar-refractivity contribution is -0.113. The third-order valence-corrected chi connectivity index (χ3v) is 5.89. The summed E-state index contributed by atoms with van der Waals surface area (Å²) in [6.45, 7) is 2.48. The Balaban J connectivity index is 1.53. The first-order valence-electron chi connectivity index (χ1n) is 9.38. The maximum absolute atomic E-state index is 13.3. The number of fused-ring (bicyclic) bond motifs is 1. The van der Waals surface area contributed by atoms with Crippen LogP contribution in [0.25, 0.3) is 11.0 Å². The molecule has 0 saturated carbocycles. The molecular weight excluding hydrogens is 421 g/mol. The van der Waals surface area contributed by atoms with E-state index in [1.165, 1.54) is 23.9 Å². The minimum atomic E-state index is -0.268. The zero-order valence-electron chi connectivity index (χ0n) is 16.2. The number of nitrogens with one attached hydrogen (secondary N) is 1. The van der Waals surface area contributed by atoms with E-state index in [4.69, 9.17) is 11.6 Å². The SMILES string of the molecule is Cc1ccc(NC(=O)CSc2nc3ccccc3n2Cc2ccc(F)cc2)c(Cl)c1. The second kappa shape index (κ2) is 8.90. The number of para-hydroxylation sites is 2. The van der Waals surface area contributed by atoms with Gasteiger partial charge >= 0.3 is 0 Å². The number of nitrogens with zero attached hydrogens (tertiary/aromatic N) is 2. The highest BCUT2D eigenvalue weighted by molar-refractivity contribution is 7.99.